The first-order valence-corrected chi connectivity index (χ1v) is 12.0. The number of ether oxygens (including phenoxy) is 2. The summed E-state index contributed by atoms with van der Waals surface area (Å²) in [4.78, 5) is 27.0. The normalized spacial score (nSPS) is 18.7. The van der Waals surface area contributed by atoms with E-state index < -0.39 is 0 Å². The summed E-state index contributed by atoms with van der Waals surface area (Å²) in [5.74, 6) is 1.43. The quantitative estimate of drug-likeness (QED) is 0.536. The molecule has 2 fully saturated rings. The summed E-state index contributed by atoms with van der Waals surface area (Å²) in [5, 5.41) is 0. The molecule has 34 heavy (non-hydrogen) atoms. The van der Waals surface area contributed by atoms with Gasteiger partial charge in [-0.05, 0) is 37.1 Å². The molecule has 3 aromatic rings. The Labute approximate surface area is 200 Å². The van der Waals surface area contributed by atoms with Crippen LogP contribution in [0.2, 0.25) is 0 Å². The molecule has 0 unspecified atom stereocenters. The number of hydrogen-bond acceptors (Lipinski definition) is 6. The number of carbonyl (C=O) groups is 1. The van der Waals surface area contributed by atoms with Gasteiger partial charge in [-0.3, -0.25) is 9.69 Å². The van der Waals surface area contributed by atoms with Crippen molar-refractivity contribution in [2.75, 3.05) is 46.0 Å². The van der Waals surface area contributed by atoms with Crippen molar-refractivity contribution in [3.63, 3.8) is 0 Å². The fourth-order valence-electron chi connectivity index (χ4n) is 4.60. The van der Waals surface area contributed by atoms with Crippen LogP contribution in [0, 0.1) is 0 Å². The van der Waals surface area contributed by atoms with Crippen molar-refractivity contribution < 1.29 is 14.3 Å². The van der Waals surface area contributed by atoms with Crippen LogP contribution in [0.25, 0.3) is 11.4 Å². The summed E-state index contributed by atoms with van der Waals surface area (Å²) >= 11 is 0. The van der Waals surface area contributed by atoms with Crippen molar-refractivity contribution in [1.29, 1.82) is 0 Å². The molecule has 2 saturated heterocycles. The minimum atomic E-state index is -0.0520. The van der Waals surface area contributed by atoms with Crippen LogP contribution in [-0.2, 0) is 4.74 Å². The van der Waals surface area contributed by atoms with E-state index in [9.17, 15) is 4.79 Å². The van der Waals surface area contributed by atoms with Crippen LogP contribution in [0.3, 0.4) is 0 Å². The van der Waals surface area contributed by atoms with Crippen LogP contribution in [0.1, 0.15) is 34.9 Å². The van der Waals surface area contributed by atoms with Gasteiger partial charge >= 0.3 is 0 Å². The lowest BCUT2D eigenvalue weighted by Crippen LogP contribution is -2.38. The lowest BCUT2D eigenvalue weighted by atomic mass is 10.1. The zero-order valence-electron chi connectivity index (χ0n) is 19.3. The molecule has 3 heterocycles. The molecule has 2 aliphatic rings. The Kier molecular flexibility index (Phi) is 7.12. The number of benzene rings is 2. The Bertz CT molecular complexity index is 1100. The van der Waals surface area contributed by atoms with E-state index in [1.165, 1.54) is 0 Å². The molecule has 0 aliphatic carbocycles. The molecule has 0 saturated carbocycles. The Hall–Kier alpha value is -3.29. The first kappa shape index (κ1) is 22.5. The highest BCUT2D eigenvalue weighted by atomic mass is 16.5. The topological polar surface area (TPSA) is 67.8 Å². The van der Waals surface area contributed by atoms with Gasteiger partial charge in [0.2, 0.25) is 0 Å². The van der Waals surface area contributed by atoms with Crippen molar-refractivity contribution in [3.05, 3.63) is 78.1 Å². The Morgan fingerprint density at radius 3 is 2.74 bits per heavy atom. The molecule has 7 heteroatoms. The average molecular weight is 459 g/mol. The third-order valence-corrected chi connectivity index (χ3v) is 6.43. The maximum atomic E-state index is 13.5. The van der Waals surface area contributed by atoms with Gasteiger partial charge < -0.3 is 14.4 Å². The van der Waals surface area contributed by atoms with E-state index in [1.807, 2.05) is 65.6 Å². The van der Waals surface area contributed by atoms with Crippen molar-refractivity contribution in [1.82, 2.24) is 19.8 Å². The Balaban J connectivity index is 1.26. The molecule has 1 atom stereocenters. The third-order valence-electron chi connectivity index (χ3n) is 6.43. The summed E-state index contributed by atoms with van der Waals surface area (Å²) < 4.78 is 11.4. The van der Waals surface area contributed by atoms with Crippen LogP contribution in [0.4, 0.5) is 0 Å². The minimum Gasteiger partial charge on any atom is -0.492 e. The molecule has 1 amide bonds. The fraction of sp³-hybridized carbons (Fsp3) is 0.370. The monoisotopic (exact) mass is 458 g/mol. The standard InChI is InChI=1S/C27H30N4O3/c32-27(22-8-4-9-23(20-22)34-19-16-30-14-17-33-18-15-30)31-13-5-10-25(31)24-11-12-28-26(29-24)21-6-2-1-3-7-21/h1-4,6-9,11-12,20,25H,5,10,13-19H2/t25-/m1/s1. The molecular weight excluding hydrogens is 428 g/mol. The van der Waals surface area contributed by atoms with Gasteiger partial charge in [0.1, 0.15) is 12.4 Å². The number of carbonyl (C=O) groups excluding carboxylic acids is 1. The largest absolute Gasteiger partial charge is 0.492 e. The molecule has 2 aromatic carbocycles. The summed E-state index contributed by atoms with van der Waals surface area (Å²) in [7, 11) is 0. The van der Waals surface area contributed by atoms with Crippen LogP contribution in [0.15, 0.2) is 66.9 Å². The van der Waals surface area contributed by atoms with E-state index in [1.54, 1.807) is 6.20 Å². The molecule has 1 aromatic heterocycles. The van der Waals surface area contributed by atoms with E-state index in [0.29, 0.717) is 18.0 Å². The number of likely N-dealkylation sites (tertiary alicyclic amines) is 1. The number of morpholine rings is 1. The first-order chi connectivity index (χ1) is 16.8. The Morgan fingerprint density at radius 2 is 1.88 bits per heavy atom. The number of rotatable bonds is 7. The molecule has 0 N–H and O–H groups in total. The SMILES string of the molecule is O=C(c1cccc(OCCN2CCOCC2)c1)N1CCC[C@@H]1c1ccnc(-c2ccccc2)n1. The van der Waals surface area contributed by atoms with Crippen LogP contribution < -0.4 is 4.74 Å². The predicted molar refractivity (Wildman–Crippen MR) is 130 cm³/mol. The zero-order chi connectivity index (χ0) is 23.2. The van der Waals surface area contributed by atoms with Gasteiger partial charge in [-0.25, -0.2) is 9.97 Å². The lowest BCUT2D eigenvalue weighted by Gasteiger charge is -2.26. The highest BCUT2D eigenvalue weighted by molar-refractivity contribution is 5.95. The number of hydrogen-bond donors (Lipinski definition) is 0. The first-order valence-electron chi connectivity index (χ1n) is 12.0. The number of aromatic nitrogens is 2. The van der Waals surface area contributed by atoms with Crippen molar-refractivity contribution >= 4 is 5.91 Å². The molecule has 176 valence electrons. The van der Waals surface area contributed by atoms with Crippen LogP contribution in [0.5, 0.6) is 5.75 Å². The van der Waals surface area contributed by atoms with Crippen LogP contribution >= 0.6 is 0 Å². The maximum absolute atomic E-state index is 13.5. The Morgan fingerprint density at radius 1 is 1.03 bits per heavy atom. The maximum Gasteiger partial charge on any atom is 0.254 e. The number of nitrogens with zero attached hydrogens (tertiary/aromatic N) is 4. The summed E-state index contributed by atoms with van der Waals surface area (Å²) in [6.07, 6.45) is 3.64. The molecule has 5 rings (SSSR count). The van der Waals surface area contributed by atoms with Crippen molar-refractivity contribution in [2.45, 2.75) is 18.9 Å². The van der Waals surface area contributed by atoms with Gasteiger partial charge in [0.25, 0.3) is 5.91 Å². The second-order valence-electron chi connectivity index (χ2n) is 8.66. The van der Waals surface area contributed by atoms with Gasteiger partial charge in [0.05, 0.1) is 24.9 Å². The van der Waals surface area contributed by atoms with E-state index in [4.69, 9.17) is 14.5 Å². The van der Waals surface area contributed by atoms with Crippen LogP contribution in [-0.4, -0.2) is 71.7 Å². The van der Waals surface area contributed by atoms with Gasteiger partial charge in [0, 0.05) is 43.5 Å². The van der Waals surface area contributed by atoms with E-state index in [-0.39, 0.29) is 11.9 Å². The molecule has 0 spiro atoms. The smallest absolute Gasteiger partial charge is 0.254 e. The lowest BCUT2D eigenvalue weighted by molar-refractivity contribution is 0.0322. The molecule has 0 radical (unpaired) electrons. The van der Waals surface area contributed by atoms with E-state index in [0.717, 1.165) is 69.2 Å². The van der Waals surface area contributed by atoms with Crippen molar-refractivity contribution in [3.8, 4) is 17.1 Å². The molecule has 0 bridgehead atoms. The van der Waals surface area contributed by atoms with Crippen molar-refractivity contribution in [2.24, 2.45) is 0 Å². The summed E-state index contributed by atoms with van der Waals surface area (Å²) in [6, 6.07) is 19.3. The molecule has 7 nitrogen and oxygen atoms in total. The minimum absolute atomic E-state index is 0.0148. The third kappa shape index (κ3) is 5.26. The molecular formula is C27H30N4O3. The predicted octanol–water partition coefficient (Wildman–Crippen LogP) is 3.83. The second kappa shape index (κ2) is 10.8. The molecule has 2 aliphatic heterocycles. The van der Waals surface area contributed by atoms with Gasteiger partial charge in [-0.15, -0.1) is 0 Å². The van der Waals surface area contributed by atoms with Gasteiger partial charge in [-0.1, -0.05) is 36.4 Å². The highest BCUT2D eigenvalue weighted by Gasteiger charge is 2.32. The summed E-state index contributed by atoms with van der Waals surface area (Å²) in [6.45, 7) is 5.59. The number of amides is 1. The summed E-state index contributed by atoms with van der Waals surface area (Å²) in [5.41, 5.74) is 2.51. The second-order valence-corrected chi connectivity index (χ2v) is 8.66. The van der Waals surface area contributed by atoms with Gasteiger partial charge in [-0.2, -0.15) is 0 Å². The zero-order valence-corrected chi connectivity index (χ0v) is 19.3. The van der Waals surface area contributed by atoms with E-state index >= 15 is 0 Å². The van der Waals surface area contributed by atoms with E-state index in [2.05, 4.69) is 9.88 Å². The fourth-order valence-corrected chi connectivity index (χ4v) is 4.60. The van der Waals surface area contributed by atoms with Gasteiger partial charge in [0.15, 0.2) is 5.82 Å². The highest BCUT2D eigenvalue weighted by Crippen LogP contribution is 2.33. The average Bonchev–Trinajstić information content (AvgIpc) is 3.40.